The smallest absolute Gasteiger partial charge is 0.250 e. The first-order chi connectivity index (χ1) is 14.0. The third-order valence-corrected chi connectivity index (χ3v) is 5.96. The van der Waals surface area contributed by atoms with E-state index in [1.807, 2.05) is 30.3 Å². The van der Waals surface area contributed by atoms with Gasteiger partial charge in [0.2, 0.25) is 10.9 Å². The van der Waals surface area contributed by atoms with E-state index in [1.165, 1.54) is 11.1 Å². The Balaban J connectivity index is 1.40. The lowest BCUT2D eigenvalue weighted by atomic mass is 9.94. The van der Waals surface area contributed by atoms with Gasteiger partial charge in [-0.2, -0.15) is 0 Å². The van der Waals surface area contributed by atoms with Crippen LogP contribution in [0.15, 0.2) is 64.2 Å². The molecule has 0 saturated carbocycles. The summed E-state index contributed by atoms with van der Waals surface area (Å²) in [5.41, 5.74) is 3.71. The second-order valence-corrected chi connectivity index (χ2v) is 8.37. The molecule has 0 spiro atoms. The summed E-state index contributed by atoms with van der Waals surface area (Å²) in [6.45, 7) is 7.22. The van der Waals surface area contributed by atoms with Crippen molar-refractivity contribution in [2.24, 2.45) is 0 Å². The summed E-state index contributed by atoms with van der Waals surface area (Å²) in [6.07, 6.45) is 1.94. The van der Waals surface area contributed by atoms with Crippen LogP contribution in [0.2, 0.25) is 0 Å². The van der Waals surface area contributed by atoms with Crippen LogP contribution in [0, 0.1) is 0 Å². The molecule has 3 aromatic rings. The fourth-order valence-electron chi connectivity index (χ4n) is 4.12. The Morgan fingerprint density at radius 2 is 1.59 bits per heavy atom. The summed E-state index contributed by atoms with van der Waals surface area (Å²) >= 11 is 0. The second-order valence-electron chi connectivity index (χ2n) is 8.37. The third-order valence-electron chi connectivity index (χ3n) is 5.96. The lowest BCUT2D eigenvalue weighted by Gasteiger charge is -2.33. The number of nitrogens with one attached hydrogen (secondary N) is 1. The highest BCUT2D eigenvalue weighted by Gasteiger charge is 2.26. The van der Waals surface area contributed by atoms with Crippen molar-refractivity contribution in [3.8, 4) is 11.1 Å². The van der Waals surface area contributed by atoms with Gasteiger partial charge in [0.25, 0.3) is 0 Å². The topological polar surface area (TPSA) is 49.4 Å². The van der Waals surface area contributed by atoms with Crippen molar-refractivity contribution >= 4 is 5.69 Å². The Hall–Kier alpha value is -2.72. The molecule has 4 rings (SSSR count). The molecular formula is C25H28N2O2. The van der Waals surface area contributed by atoms with E-state index in [0.717, 1.165) is 38.0 Å². The van der Waals surface area contributed by atoms with Crippen molar-refractivity contribution in [1.29, 1.82) is 0 Å². The van der Waals surface area contributed by atoms with E-state index in [9.17, 15) is 9.59 Å². The van der Waals surface area contributed by atoms with Crippen LogP contribution in [-0.4, -0.2) is 24.0 Å². The van der Waals surface area contributed by atoms with Crippen molar-refractivity contribution < 1.29 is 0 Å². The first-order valence-electron chi connectivity index (χ1n) is 10.5. The highest BCUT2D eigenvalue weighted by atomic mass is 16.2. The van der Waals surface area contributed by atoms with E-state index in [-0.39, 0.29) is 16.9 Å². The molecule has 1 aliphatic heterocycles. The zero-order chi connectivity index (χ0) is 20.4. The first-order valence-corrected chi connectivity index (χ1v) is 10.5. The van der Waals surface area contributed by atoms with Gasteiger partial charge in [0, 0.05) is 25.7 Å². The summed E-state index contributed by atoms with van der Waals surface area (Å²) in [6, 6.07) is 18.7. The number of hydrogen-bond acceptors (Lipinski definition) is 4. The number of benzene rings is 2. The number of nitrogens with zero attached hydrogens (tertiary/aromatic N) is 1. The zero-order valence-electron chi connectivity index (χ0n) is 17.2. The van der Waals surface area contributed by atoms with Gasteiger partial charge in [-0.05, 0) is 35.4 Å². The van der Waals surface area contributed by atoms with Gasteiger partial charge in [0.05, 0.1) is 11.3 Å². The number of piperidine rings is 1. The molecule has 3 aromatic carbocycles. The van der Waals surface area contributed by atoms with E-state index >= 15 is 0 Å². The molecule has 0 unspecified atom stereocenters. The van der Waals surface area contributed by atoms with Crippen LogP contribution >= 0.6 is 0 Å². The Labute approximate surface area is 171 Å². The van der Waals surface area contributed by atoms with E-state index in [0.29, 0.717) is 17.2 Å². The summed E-state index contributed by atoms with van der Waals surface area (Å²) in [5, 5.41) is 3.39. The molecule has 1 N–H and O–H groups in total. The Bertz CT molecular complexity index is 1020. The molecule has 0 bridgehead atoms. The summed E-state index contributed by atoms with van der Waals surface area (Å²) < 4.78 is 0. The minimum Gasteiger partial charge on any atom is -0.378 e. The molecular weight excluding hydrogens is 360 g/mol. The van der Waals surface area contributed by atoms with Crippen LogP contribution in [0.5, 0.6) is 0 Å². The molecule has 150 valence electrons. The van der Waals surface area contributed by atoms with Gasteiger partial charge in [0.1, 0.15) is 0 Å². The second kappa shape index (κ2) is 8.34. The monoisotopic (exact) mass is 388 g/mol. The van der Waals surface area contributed by atoms with Gasteiger partial charge in [-0.3, -0.25) is 14.5 Å². The summed E-state index contributed by atoms with van der Waals surface area (Å²) in [5.74, 6) is 0.440. The lowest BCUT2D eigenvalue weighted by Crippen LogP contribution is -2.43. The molecule has 1 aliphatic rings. The normalized spacial score (nSPS) is 15.8. The maximum Gasteiger partial charge on any atom is 0.250 e. The molecule has 4 heteroatoms. The van der Waals surface area contributed by atoms with Crippen LogP contribution in [0.3, 0.4) is 0 Å². The number of hydrogen-bond donors (Lipinski definition) is 1. The summed E-state index contributed by atoms with van der Waals surface area (Å²) in [7, 11) is 0. The summed E-state index contributed by atoms with van der Waals surface area (Å²) in [4.78, 5) is 26.9. The quantitative estimate of drug-likeness (QED) is 0.645. The van der Waals surface area contributed by atoms with Gasteiger partial charge < -0.3 is 5.32 Å². The van der Waals surface area contributed by atoms with Crippen molar-refractivity contribution in [2.45, 2.75) is 45.2 Å². The van der Waals surface area contributed by atoms with E-state index in [4.69, 9.17) is 0 Å². The van der Waals surface area contributed by atoms with Gasteiger partial charge in [0.15, 0.2) is 0 Å². The fraction of sp³-hybridized carbons (Fsp3) is 0.360. The maximum atomic E-state index is 12.2. The Kier molecular flexibility index (Phi) is 5.63. The average molecular weight is 389 g/mol. The number of likely N-dealkylation sites (tertiary alicyclic amines) is 1. The standard InChI is InChI=1S/C25H28N2O2/c1-17(2)19-8-10-20(11-9-19)22-23(25(29)24(22)28)26-21-12-14-27(15-13-21)16-18-6-4-3-5-7-18/h3-11,17,21,26H,12-16H2,1-2H3. The molecule has 1 saturated heterocycles. The van der Waals surface area contributed by atoms with Crippen molar-refractivity contribution in [3.05, 3.63) is 86.2 Å². The van der Waals surface area contributed by atoms with E-state index in [1.54, 1.807) is 0 Å². The molecule has 29 heavy (non-hydrogen) atoms. The third kappa shape index (κ3) is 4.18. The van der Waals surface area contributed by atoms with Crippen LogP contribution in [0.25, 0.3) is 11.1 Å². The van der Waals surface area contributed by atoms with E-state index in [2.05, 4.69) is 48.3 Å². The molecule has 4 nitrogen and oxygen atoms in total. The van der Waals surface area contributed by atoms with Crippen LogP contribution in [0.1, 0.15) is 43.7 Å². The average Bonchev–Trinajstić information content (AvgIpc) is 2.75. The highest BCUT2D eigenvalue weighted by Crippen LogP contribution is 2.27. The largest absolute Gasteiger partial charge is 0.378 e. The van der Waals surface area contributed by atoms with Gasteiger partial charge in [-0.25, -0.2) is 0 Å². The minimum atomic E-state index is -0.375. The molecule has 0 radical (unpaired) electrons. The maximum absolute atomic E-state index is 12.2. The molecule has 0 atom stereocenters. The van der Waals surface area contributed by atoms with Gasteiger partial charge in [-0.15, -0.1) is 0 Å². The Morgan fingerprint density at radius 1 is 0.931 bits per heavy atom. The minimum absolute atomic E-state index is 0.235. The lowest BCUT2D eigenvalue weighted by molar-refractivity contribution is 0.211. The number of anilines is 1. The highest BCUT2D eigenvalue weighted by molar-refractivity contribution is 5.82. The predicted molar refractivity (Wildman–Crippen MR) is 119 cm³/mol. The van der Waals surface area contributed by atoms with Crippen LogP contribution in [-0.2, 0) is 6.54 Å². The molecule has 1 heterocycles. The first kappa shape index (κ1) is 19.6. The van der Waals surface area contributed by atoms with E-state index < -0.39 is 0 Å². The SMILES string of the molecule is CC(C)c1ccc(-c2c(NC3CCN(Cc4ccccc4)CC3)c(=O)c2=O)cc1. The predicted octanol–water partition coefficient (Wildman–Crippen LogP) is 4.15. The van der Waals surface area contributed by atoms with Gasteiger partial charge in [-0.1, -0.05) is 68.4 Å². The van der Waals surface area contributed by atoms with Crippen LogP contribution in [0.4, 0.5) is 5.69 Å². The number of rotatable bonds is 6. The van der Waals surface area contributed by atoms with Crippen molar-refractivity contribution in [3.63, 3.8) is 0 Å². The molecule has 1 fully saturated rings. The van der Waals surface area contributed by atoms with Crippen molar-refractivity contribution in [2.75, 3.05) is 18.4 Å². The van der Waals surface area contributed by atoms with Crippen molar-refractivity contribution in [1.82, 2.24) is 4.90 Å². The molecule has 0 aliphatic carbocycles. The Morgan fingerprint density at radius 3 is 2.21 bits per heavy atom. The molecule has 0 amide bonds. The van der Waals surface area contributed by atoms with Crippen LogP contribution < -0.4 is 16.2 Å². The van der Waals surface area contributed by atoms with Gasteiger partial charge >= 0.3 is 0 Å². The fourth-order valence-corrected chi connectivity index (χ4v) is 4.12. The molecule has 0 aromatic heterocycles. The zero-order valence-corrected chi connectivity index (χ0v) is 17.2.